The molecule has 3 heterocycles. The second-order valence-electron chi connectivity index (χ2n) is 13.9. The van der Waals surface area contributed by atoms with E-state index < -0.39 is 0 Å². The molecule has 0 amide bonds. The van der Waals surface area contributed by atoms with Gasteiger partial charge in [0.2, 0.25) is 0 Å². The molecule has 0 saturated heterocycles. The van der Waals surface area contributed by atoms with Gasteiger partial charge in [-0.05, 0) is 104 Å². The molecule has 0 fully saturated rings. The van der Waals surface area contributed by atoms with E-state index in [0.717, 1.165) is 45.7 Å². The van der Waals surface area contributed by atoms with Crippen molar-refractivity contribution in [2.45, 2.75) is 12.3 Å². The first-order valence-electron chi connectivity index (χ1n) is 18.2. The third kappa shape index (κ3) is 4.52. The zero-order valence-electron chi connectivity index (χ0n) is 28.8. The molecule has 9 aromatic rings. The molecule has 0 aliphatic heterocycles. The number of rotatable bonds is 5. The summed E-state index contributed by atoms with van der Waals surface area (Å²) in [7, 11) is 0. The molecule has 0 bridgehead atoms. The summed E-state index contributed by atoms with van der Waals surface area (Å²) in [6.45, 7) is 0. The fourth-order valence-corrected chi connectivity index (χ4v) is 8.90. The predicted octanol–water partition coefficient (Wildman–Crippen LogP) is 11.9. The fourth-order valence-electron chi connectivity index (χ4n) is 8.90. The normalized spacial score (nSPS) is 14.3. The van der Waals surface area contributed by atoms with E-state index in [-0.39, 0.29) is 5.92 Å². The Kier molecular flexibility index (Phi) is 6.65. The predicted molar refractivity (Wildman–Crippen MR) is 216 cm³/mol. The molecule has 0 spiro atoms. The quantitative estimate of drug-likeness (QED) is 0.182. The molecule has 0 saturated carbocycles. The van der Waals surface area contributed by atoms with E-state index in [0.29, 0.717) is 0 Å². The second kappa shape index (κ2) is 11.8. The molecule has 4 heteroatoms. The Morgan fingerprint density at radius 3 is 1.91 bits per heavy atom. The number of benzene rings is 6. The maximum absolute atomic E-state index is 5.12. The molecular formula is C49H32N4. The molecule has 0 radical (unpaired) electrons. The van der Waals surface area contributed by atoms with Crippen LogP contribution >= 0.6 is 0 Å². The fraction of sp³-hybridized carbons (Fsp3) is 0.0408. The van der Waals surface area contributed by atoms with Crippen LogP contribution in [0.2, 0.25) is 0 Å². The van der Waals surface area contributed by atoms with Crippen molar-refractivity contribution in [3.63, 3.8) is 0 Å². The number of pyridine rings is 2. The van der Waals surface area contributed by atoms with Gasteiger partial charge in [-0.1, -0.05) is 115 Å². The Morgan fingerprint density at radius 2 is 1.19 bits per heavy atom. The van der Waals surface area contributed by atoms with Crippen molar-refractivity contribution >= 4 is 27.4 Å². The van der Waals surface area contributed by atoms with Crippen molar-refractivity contribution in [1.82, 2.24) is 19.5 Å². The van der Waals surface area contributed by atoms with Crippen LogP contribution in [0.3, 0.4) is 0 Å². The van der Waals surface area contributed by atoms with Gasteiger partial charge in [-0.15, -0.1) is 0 Å². The van der Waals surface area contributed by atoms with E-state index in [4.69, 9.17) is 4.98 Å². The molecular weight excluding hydrogens is 645 g/mol. The van der Waals surface area contributed by atoms with Crippen LogP contribution in [0.25, 0.3) is 77.8 Å². The third-order valence-corrected chi connectivity index (χ3v) is 11.1. The minimum Gasteiger partial charge on any atom is -0.292 e. The Labute approximate surface area is 307 Å². The highest BCUT2D eigenvalue weighted by molar-refractivity contribution is 6.21. The van der Waals surface area contributed by atoms with Crippen LogP contribution in [0.15, 0.2) is 176 Å². The average Bonchev–Trinajstić information content (AvgIpc) is 3.78. The van der Waals surface area contributed by atoms with Crippen molar-refractivity contribution in [2.75, 3.05) is 0 Å². The summed E-state index contributed by atoms with van der Waals surface area (Å²) in [5.41, 5.74) is 18.3. The number of nitrogens with zero attached hydrogens (tertiary/aromatic N) is 4. The first-order valence-corrected chi connectivity index (χ1v) is 18.2. The molecule has 248 valence electrons. The van der Waals surface area contributed by atoms with Crippen molar-refractivity contribution in [3.8, 4) is 50.5 Å². The van der Waals surface area contributed by atoms with Gasteiger partial charge in [-0.25, -0.2) is 4.98 Å². The topological polar surface area (TPSA) is 43.6 Å². The van der Waals surface area contributed by atoms with E-state index in [1.165, 1.54) is 60.9 Å². The van der Waals surface area contributed by atoms with Gasteiger partial charge >= 0.3 is 0 Å². The molecule has 4 nitrogen and oxygen atoms in total. The number of aromatic nitrogens is 4. The van der Waals surface area contributed by atoms with E-state index in [9.17, 15) is 0 Å². The summed E-state index contributed by atoms with van der Waals surface area (Å²) in [5, 5.41) is 2.45. The van der Waals surface area contributed by atoms with Gasteiger partial charge in [0.15, 0.2) is 0 Å². The number of fused-ring (bicyclic) bond motifs is 5. The summed E-state index contributed by atoms with van der Waals surface area (Å²) >= 11 is 0. The highest BCUT2D eigenvalue weighted by Crippen LogP contribution is 2.59. The SMILES string of the molecule is C1=C2c3c(cccc3C(c3ccc(-c4nc5ccccc5n4-c4ccccc4)cc3)C1)-c1c2c(-c2cccnc2)c2ccccc2c1-c1cccnc1. The van der Waals surface area contributed by atoms with E-state index >= 15 is 0 Å². The summed E-state index contributed by atoms with van der Waals surface area (Å²) in [6, 6.07) is 52.2. The van der Waals surface area contributed by atoms with Crippen LogP contribution in [0.1, 0.15) is 34.6 Å². The average molecular weight is 677 g/mol. The lowest BCUT2D eigenvalue weighted by atomic mass is 9.78. The molecule has 2 aliphatic carbocycles. The standard InChI is InChI=1S/C49H32N4/c1-2-13-35(14-3-1)53-43-20-7-6-19-42(43)52-49(53)32-23-21-31(22-24-32)36-25-26-41-46-37(36)17-8-18-40(46)47-44(33-11-9-27-50-29-33)38-15-4-5-16-39(38)45(48(41)47)34-12-10-28-51-30-34/h1-24,26-30,36H,25H2. The monoisotopic (exact) mass is 676 g/mol. The van der Waals surface area contributed by atoms with Gasteiger partial charge in [0.25, 0.3) is 0 Å². The molecule has 11 rings (SSSR count). The smallest absolute Gasteiger partial charge is 0.145 e. The van der Waals surface area contributed by atoms with Gasteiger partial charge in [-0.2, -0.15) is 0 Å². The van der Waals surface area contributed by atoms with Crippen molar-refractivity contribution in [1.29, 1.82) is 0 Å². The van der Waals surface area contributed by atoms with Crippen LogP contribution in [0, 0.1) is 0 Å². The number of hydrogen-bond donors (Lipinski definition) is 0. The van der Waals surface area contributed by atoms with Gasteiger partial charge in [-0.3, -0.25) is 14.5 Å². The first kappa shape index (κ1) is 29.8. The molecule has 6 aromatic carbocycles. The van der Waals surface area contributed by atoms with Gasteiger partial charge < -0.3 is 0 Å². The third-order valence-electron chi connectivity index (χ3n) is 11.1. The van der Waals surface area contributed by atoms with Crippen LogP contribution in [0.5, 0.6) is 0 Å². The number of para-hydroxylation sites is 3. The van der Waals surface area contributed by atoms with Crippen LogP contribution < -0.4 is 0 Å². The number of hydrogen-bond acceptors (Lipinski definition) is 3. The van der Waals surface area contributed by atoms with E-state index in [2.05, 4.69) is 154 Å². The molecule has 0 N–H and O–H groups in total. The lowest BCUT2D eigenvalue weighted by Gasteiger charge is -2.25. The molecule has 3 aromatic heterocycles. The highest BCUT2D eigenvalue weighted by atomic mass is 15.1. The maximum Gasteiger partial charge on any atom is 0.145 e. The number of imidazole rings is 1. The molecule has 1 atom stereocenters. The van der Waals surface area contributed by atoms with Crippen LogP contribution in [0.4, 0.5) is 0 Å². The Bertz CT molecular complexity index is 2890. The van der Waals surface area contributed by atoms with E-state index in [1.54, 1.807) is 0 Å². The zero-order chi connectivity index (χ0) is 34.9. The van der Waals surface area contributed by atoms with Crippen LogP contribution in [-0.4, -0.2) is 19.5 Å². The number of allylic oxidation sites excluding steroid dienone is 1. The van der Waals surface area contributed by atoms with Gasteiger partial charge in [0, 0.05) is 53.1 Å². The van der Waals surface area contributed by atoms with Gasteiger partial charge in [0.1, 0.15) is 5.82 Å². The lowest BCUT2D eigenvalue weighted by Crippen LogP contribution is -2.08. The Balaban J connectivity index is 1.08. The summed E-state index contributed by atoms with van der Waals surface area (Å²) in [6.07, 6.45) is 11.1. The van der Waals surface area contributed by atoms with Crippen molar-refractivity contribution in [3.05, 3.63) is 199 Å². The first-order chi connectivity index (χ1) is 26.3. The summed E-state index contributed by atoms with van der Waals surface area (Å²) in [5.74, 6) is 1.17. The second-order valence-corrected chi connectivity index (χ2v) is 13.9. The molecule has 1 unspecified atom stereocenters. The minimum absolute atomic E-state index is 0.225. The van der Waals surface area contributed by atoms with Crippen LogP contribution in [-0.2, 0) is 0 Å². The van der Waals surface area contributed by atoms with Crippen molar-refractivity contribution < 1.29 is 0 Å². The summed E-state index contributed by atoms with van der Waals surface area (Å²) in [4.78, 5) is 14.3. The highest BCUT2D eigenvalue weighted by Gasteiger charge is 2.37. The largest absolute Gasteiger partial charge is 0.292 e. The maximum atomic E-state index is 5.12. The Morgan fingerprint density at radius 1 is 0.509 bits per heavy atom. The van der Waals surface area contributed by atoms with Gasteiger partial charge in [0.05, 0.1) is 11.0 Å². The summed E-state index contributed by atoms with van der Waals surface area (Å²) < 4.78 is 2.27. The van der Waals surface area contributed by atoms with E-state index in [1.807, 2.05) is 36.9 Å². The molecule has 53 heavy (non-hydrogen) atoms. The van der Waals surface area contributed by atoms with Crippen molar-refractivity contribution in [2.24, 2.45) is 0 Å². The molecule has 2 aliphatic rings. The Hall–Kier alpha value is -6.91. The lowest BCUT2D eigenvalue weighted by molar-refractivity contribution is 0.817. The zero-order valence-corrected chi connectivity index (χ0v) is 28.8. The minimum atomic E-state index is 0.225.